The first-order chi connectivity index (χ1) is 5.86. The average Bonchev–Trinajstić information content (AvgIpc) is 2.58. The highest BCUT2D eigenvalue weighted by Crippen LogP contribution is 2.20. The molecule has 1 aliphatic carbocycles. The maximum Gasteiger partial charge on any atom is 0.0373 e. The van der Waals surface area contributed by atoms with Gasteiger partial charge < -0.3 is 0 Å². The highest BCUT2D eigenvalue weighted by atomic mass is 14.7. The average molecular weight is 157 g/mol. The van der Waals surface area contributed by atoms with Gasteiger partial charge in [0.1, 0.15) is 0 Å². The van der Waals surface area contributed by atoms with Crippen LogP contribution in [0.3, 0.4) is 0 Å². The number of hydrogen-bond acceptors (Lipinski definition) is 1. The van der Waals surface area contributed by atoms with Gasteiger partial charge in [0.25, 0.3) is 0 Å². The normalized spacial score (nSPS) is 14.9. The Labute approximate surface area is 72.5 Å². The zero-order valence-electron chi connectivity index (χ0n) is 7.12. The molecule has 0 radical (unpaired) electrons. The molecule has 0 saturated heterocycles. The summed E-state index contributed by atoms with van der Waals surface area (Å²) >= 11 is 0. The van der Waals surface area contributed by atoms with Crippen LogP contribution in [0.15, 0.2) is 36.6 Å². The van der Waals surface area contributed by atoms with Crippen LogP contribution in [0.4, 0.5) is 0 Å². The van der Waals surface area contributed by atoms with Crippen molar-refractivity contribution in [1.29, 1.82) is 0 Å². The molecule has 1 heteroatoms. The smallest absolute Gasteiger partial charge is 0.0373 e. The van der Waals surface area contributed by atoms with Gasteiger partial charge in [0.2, 0.25) is 0 Å². The van der Waals surface area contributed by atoms with E-state index in [1.807, 2.05) is 19.2 Å². The Balaban J connectivity index is 2.35. The van der Waals surface area contributed by atoms with Crippen molar-refractivity contribution in [3.63, 3.8) is 0 Å². The summed E-state index contributed by atoms with van der Waals surface area (Å²) in [7, 11) is 0. The third-order valence-electron chi connectivity index (χ3n) is 2.02. The molecule has 0 atom stereocenters. The predicted octanol–water partition coefficient (Wildman–Crippen LogP) is 2.73. The summed E-state index contributed by atoms with van der Waals surface area (Å²) in [6.07, 6.45) is 9.51. The minimum atomic E-state index is 1.06. The number of pyridine rings is 1. The van der Waals surface area contributed by atoms with Crippen molar-refractivity contribution in [3.8, 4) is 0 Å². The van der Waals surface area contributed by atoms with Crippen molar-refractivity contribution in [1.82, 2.24) is 4.98 Å². The highest BCUT2D eigenvalue weighted by molar-refractivity contribution is 5.75. The quantitative estimate of drug-likeness (QED) is 0.610. The second-order valence-corrected chi connectivity index (χ2v) is 2.99. The number of allylic oxidation sites excluding steroid dienone is 4. The minimum Gasteiger partial charge on any atom is -0.261 e. The van der Waals surface area contributed by atoms with Crippen molar-refractivity contribution in [2.75, 3.05) is 0 Å². The fourth-order valence-corrected chi connectivity index (χ4v) is 1.31. The SMILES string of the molecule is Cc1ccc(C2=CCC=C2)cn1. The van der Waals surface area contributed by atoms with Gasteiger partial charge in [-0.25, -0.2) is 0 Å². The van der Waals surface area contributed by atoms with E-state index in [0.29, 0.717) is 0 Å². The molecule has 1 heterocycles. The van der Waals surface area contributed by atoms with Crippen LogP contribution in [-0.2, 0) is 0 Å². The van der Waals surface area contributed by atoms with Gasteiger partial charge in [-0.2, -0.15) is 0 Å². The predicted molar refractivity (Wildman–Crippen MR) is 50.7 cm³/mol. The van der Waals surface area contributed by atoms with Crippen molar-refractivity contribution < 1.29 is 0 Å². The lowest BCUT2D eigenvalue weighted by Crippen LogP contribution is -1.83. The summed E-state index contributed by atoms with van der Waals surface area (Å²) in [6.45, 7) is 2.00. The molecule has 0 spiro atoms. The molecule has 1 aliphatic rings. The largest absolute Gasteiger partial charge is 0.261 e. The molecule has 0 bridgehead atoms. The standard InChI is InChI=1S/C11H11N/c1-9-6-7-11(8-12-9)10-4-2-3-5-10/h2,4-8H,3H2,1H3. The first kappa shape index (κ1) is 7.29. The first-order valence-electron chi connectivity index (χ1n) is 4.16. The Kier molecular flexibility index (Phi) is 1.78. The maximum absolute atomic E-state index is 4.25. The molecule has 0 N–H and O–H groups in total. The van der Waals surface area contributed by atoms with Crippen molar-refractivity contribution in [2.45, 2.75) is 13.3 Å². The molecule has 12 heavy (non-hydrogen) atoms. The fraction of sp³-hybridized carbons (Fsp3) is 0.182. The monoisotopic (exact) mass is 157 g/mol. The zero-order valence-corrected chi connectivity index (χ0v) is 7.12. The van der Waals surface area contributed by atoms with E-state index in [9.17, 15) is 0 Å². The molecule has 1 aromatic rings. The van der Waals surface area contributed by atoms with Crippen LogP contribution in [0.2, 0.25) is 0 Å². The molecule has 0 aliphatic heterocycles. The van der Waals surface area contributed by atoms with Gasteiger partial charge in [-0.15, -0.1) is 0 Å². The van der Waals surface area contributed by atoms with Gasteiger partial charge in [-0.3, -0.25) is 4.98 Å². The lowest BCUT2D eigenvalue weighted by molar-refractivity contribution is 1.19. The lowest BCUT2D eigenvalue weighted by Gasteiger charge is -1.98. The van der Waals surface area contributed by atoms with Crippen LogP contribution in [0.1, 0.15) is 17.7 Å². The summed E-state index contributed by atoms with van der Waals surface area (Å²) in [5.74, 6) is 0. The highest BCUT2D eigenvalue weighted by Gasteiger charge is 2.00. The molecule has 2 rings (SSSR count). The van der Waals surface area contributed by atoms with Gasteiger partial charge in [-0.1, -0.05) is 24.3 Å². The third kappa shape index (κ3) is 1.30. The van der Waals surface area contributed by atoms with E-state index in [4.69, 9.17) is 0 Å². The Morgan fingerprint density at radius 2 is 2.25 bits per heavy atom. The third-order valence-corrected chi connectivity index (χ3v) is 2.02. The Morgan fingerprint density at radius 3 is 2.83 bits per heavy atom. The van der Waals surface area contributed by atoms with E-state index >= 15 is 0 Å². The van der Waals surface area contributed by atoms with Gasteiger partial charge >= 0.3 is 0 Å². The minimum absolute atomic E-state index is 1.06. The maximum atomic E-state index is 4.25. The summed E-state index contributed by atoms with van der Waals surface area (Å²) in [5.41, 5.74) is 3.58. The molecular formula is C11H11N. The molecule has 0 saturated carbocycles. The Hall–Kier alpha value is -1.37. The van der Waals surface area contributed by atoms with E-state index < -0.39 is 0 Å². The van der Waals surface area contributed by atoms with Crippen LogP contribution in [0, 0.1) is 6.92 Å². The molecule has 1 aromatic heterocycles. The van der Waals surface area contributed by atoms with Crippen molar-refractivity contribution in [3.05, 3.63) is 47.8 Å². The molecule has 0 amide bonds. The first-order valence-corrected chi connectivity index (χ1v) is 4.16. The molecule has 60 valence electrons. The van der Waals surface area contributed by atoms with Crippen LogP contribution < -0.4 is 0 Å². The number of rotatable bonds is 1. The molecule has 0 unspecified atom stereocenters. The topological polar surface area (TPSA) is 12.9 Å². The van der Waals surface area contributed by atoms with Gasteiger partial charge in [-0.05, 0) is 30.5 Å². The van der Waals surface area contributed by atoms with E-state index in [0.717, 1.165) is 12.1 Å². The Bertz CT molecular complexity index is 331. The molecule has 1 nitrogen and oxygen atoms in total. The van der Waals surface area contributed by atoms with Crippen molar-refractivity contribution in [2.24, 2.45) is 0 Å². The van der Waals surface area contributed by atoms with Crippen LogP contribution in [0.5, 0.6) is 0 Å². The van der Waals surface area contributed by atoms with Crippen LogP contribution >= 0.6 is 0 Å². The van der Waals surface area contributed by atoms with Gasteiger partial charge in [0.05, 0.1) is 0 Å². The number of aromatic nitrogens is 1. The van der Waals surface area contributed by atoms with E-state index in [1.165, 1.54) is 11.1 Å². The van der Waals surface area contributed by atoms with Gasteiger partial charge in [0.15, 0.2) is 0 Å². The van der Waals surface area contributed by atoms with Gasteiger partial charge in [0, 0.05) is 11.9 Å². The molecule has 0 fully saturated rings. The number of aryl methyl sites for hydroxylation is 1. The van der Waals surface area contributed by atoms with E-state index in [2.05, 4.69) is 29.3 Å². The second kappa shape index (κ2) is 2.94. The van der Waals surface area contributed by atoms with E-state index in [-0.39, 0.29) is 0 Å². The Morgan fingerprint density at radius 1 is 1.33 bits per heavy atom. The van der Waals surface area contributed by atoms with Crippen LogP contribution in [0.25, 0.3) is 5.57 Å². The fourth-order valence-electron chi connectivity index (χ4n) is 1.31. The lowest BCUT2D eigenvalue weighted by atomic mass is 10.1. The van der Waals surface area contributed by atoms with Crippen molar-refractivity contribution >= 4 is 5.57 Å². The zero-order chi connectivity index (χ0) is 8.39. The van der Waals surface area contributed by atoms with Crippen LogP contribution in [-0.4, -0.2) is 4.98 Å². The second-order valence-electron chi connectivity index (χ2n) is 2.99. The molecule has 0 aromatic carbocycles. The molecular weight excluding hydrogens is 146 g/mol. The summed E-state index contributed by atoms with van der Waals surface area (Å²) < 4.78 is 0. The summed E-state index contributed by atoms with van der Waals surface area (Å²) in [4.78, 5) is 4.25. The van der Waals surface area contributed by atoms with E-state index in [1.54, 1.807) is 0 Å². The number of hydrogen-bond donors (Lipinski definition) is 0. The number of nitrogens with zero attached hydrogens (tertiary/aromatic N) is 1. The summed E-state index contributed by atoms with van der Waals surface area (Å²) in [5, 5.41) is 0. The summed E-state index contributed by atoms with van der Waals surface area (Å²) in [6, 6.07) is 4.16.